The number of phenolic OH excluding ortho intramolecular Hbond substituents is 1. The highest BCUT2D eigenvalue weighted by Gasteiger charge is 2.23. The van der Waals surface area contributed by atoms with Crippen LogP contribution in [0.3, 0.4) is 0 Å². The lowest BCUT2D eigenvalue weighted by Crippen LogP contribution is -2.50. The zero-order valence-electron chi connectivity index (χ0n) is 21.2. The Bertz CT molecular complexity index is 1010. The van der Waals surface area contributed by atoms with Crippen LogP contribution in [0.4, 0.5) is 5.69 Å². The Morgan fingerprint density at radius 1 is 1.17 bits per heavy atom. The number of anilines is 1. The third-order valence-corrected chi connectivity index (χ3v) is 6.32. The van der Waals surface area contributed by atoms with Gasteiger partial charge in [-0.05, 0) is 86.2 Å². The average Bonchev–Trinajstić information content (AvgIpc) is 2.85. The first-order valence-corrected chi connectivity index (χ1v) is 12.4. The Hall–Kier alpha value is -3.48. The second-order valence-electron chi connectivity index (χ2n) is 8.85. The second-order valence-corrected chi connectivity index (χ2v) is 8.85. The summed E-state index contributed by atoms with van der Waals surface area (Å²) >= 11 is 0. The van der Waals surface area contributed by atoms with E-state index in [-0.39, 0.29) is 11.7 Å². The van der Waals surface area contributed by atoms with Crippen molar-refractivity contribution in [3.63, 3.8) is 0 Å². The molecule has 1 aromatic rings. The fourth-order valence-electron chi connectivity index (χ4n) is 4.06. The maximum atomic E-state index is 12.0. The van der Waals surface area contributed by atoms with Crippen LogP contribution in [-0.4, -0.2) is 59.9 Å². The molecule has 1 aliphatic heterocycles. The van der Waals surface area contributed by atoms with Crippen LogP contribution in [0.5, 0.6) is 5.75 Å². The summed E-state index contributed by atoms with van der Waals surface area (Å²) in [5, 5.41) is 13.2. The maximum Gasteiger partial charge on any atom is 0.246 e. The number of methoxy groups -OCH3 is 1. The van der Waals surface area contributed by atoms with Gasteiger partial charge in [0.1, 0.15) is 11.6 Å². The van der Waals surface area contributed by atoms with Crippen molar-refractivity contribution in [2.24, 2.45) is 4.99 Å². The number of piperazine rings is 1. The van der Waals surface area contributed by atoms with E-state index in [1.54, 1.807) is 19.2 Å². The van der Waals surface area contributed by atoms with E-state index in [2.05, 4.69) is 36.7 Å². The Kier molecular flexibility index (Phi) is 9.58. The van der Waals surface area contributed by atoms with Crippen molar-refractivity contribution in [1.29, 1.82) is 0 Å². The smallest absolute Gasteiger partial charge is 0.246 e. The number of nitrogens with zero attached hydrogens (tertiary/aromatic N) is 3. The summed E-state index contributed by atoms with van der Waals surface area (Å²) < 4.78 is 5.57. The topological polar surface area (TPSA) is 77.4 Å². The highest BCUT2D eigenvalue weighted by atomic mass is 16.5. The van der Waals surface area contributed by atoms with Crippen molar-refractivity contribution in [2.75, 3.05) is 38.6 Å². The molecule has 2 N–H and O–H groups in total. The van der Waals surface area contributed by atoms with Crippen LogP contribution in [0.1, 0.15) is 46.0 Å². The molecule has 1 saturated heterocycles. The normalized spacial score (nSPS) is 17.1. The molecule has 1 saturated carbocycles. The van der Waals surface area contributed by atoms with E-state index < -0.39 is 0 Å². The molecule has 0 radical (unpaired) electrons. The maximum absolute atomic E-state index is 12.0. The Balaban J connectivity index is 1.91. The van der Waals surface area contributed by atoms with Crippen LogP contribution in [0.2, 0.25) is 0 Å². The molecule has 1 amide bonds. The zero-order valence-corrected chi connectivity index (χ0v) is 21.2. The van der Waals surface area contributed by atoms with Crippen molar-refractivity contribution in [3.8, 4) is 5.75 Å². The fourth-order valence-corrected chi connectivity index (χ4v) is 4.06. The molecule has 1 heterocycles. The molecular weight excluding hydrogens is 440 g/mol. The Morgan fingerprint density at radius 3 is 2.37 bits per heavy atom. The van der Waals surface area contributed by atoms with Gasteiger partial charge in [0.05, 0.1) is 7.11 Å². The molecule has 3 rings (SSSR count). The SMILES string of the molecule is C=CC(=O)N1CCN(C(/C=C(\C)C(Nc2ccc(O)cc2)=C2CCC2)=N/C(=C/CCC)OC)CC1. The van der Waals surface area contributed by atoms with Gasteiger partial charge in [-0.3, -0.25) is 4.79 Å². The molecule has 188 valence electrons. The third-order valence-electron chi connectivity index (χ3n) is 6.32. The standard InChI is InChI=1S/C28H38N4O3/c1-5-7-11-26(35-4)30-25(31-16-18-32(19-17-31)27(34)6-2)20-21(3)28(22-9-8-10-22)29-23-12-14-24(33)15-13-23/h6,11-15,20,29,33H,2,5,7-10,16-19H2,1,3-4H3/b21-20+,26-11-,30-25+. The number of aliphatic imine (C=N–C) groups is 1. The number of unbranched alkanes of at least 4 members (excludes halogenated alkanes) is 1. The van der Waals surface area contributed by atoms with Gasteiger partial charge < -0.3 is 25.0 Å². The number of carbonyl (C=O) groups is 1. The average molecular weight is 479 g/mol. The van der Waals surface area contributed by atoms with Crippen molar-refractivity contribution >= 4 is 17.4 Å². The number of benzene rings is 1. The fraction of sp³-hybridized carbons (Fsp3) is 0.429. The van der Waals surface area contributed by atoms with Gasteiger partial charge in [0, 0.05) is 37.6 Å². The van der Waals surface area contributed by atoms with Gasteiger partial charge >= 0.3 is 0 Å². The van der Waals surface area contributed by atoms with Gasteiger partial charge in [0.25, 0.3) is 0 Å². The van der Waals surface area contributed by atoms with E-state index >= 15 is 0 Å². The predicted octanol–water partition coefficient (Wildman–Crippen LogP) is 5.21. The summed E-state index contributed by atoms with van der Waals surface area (Å²) in [5.41, 5.74) is 4.51. The van der Waals surface area contributed by atoms with Crippen LogP contribution in [0.25, 0.3) is 0 Å². The molecule has 0 atom stereocenters. The monoisotopic (exact) mass is 478 g/mol. The van der Waals surface area contributed by atoms with E-state index in [9.17, 15) is 9.90 Å². The van der Waals surface area contributed by atoms with E-state index in [4.69, 9.17) is 9.73 Å². The van der Waals surface area contributed by atoms with Gasteiger partial charge in [0.15, 0.2) is 0 Å². The molecule has 7 nitrogen and oxygen atoms in total. The number of aromatic hydroxyl groups is 1. The summed E-state index contributed by atoms with van der Waals surface area (Å²) in [6.45, 7) is 10.4. The van der Waals surface area contributed by atoms with Gasteiger partial charge in [0.2, 0.25) is 11.8 Å². The van der Waals surface area contributed by atoms with Crippen molar-refractivity contribution in [3.05, 3.63) is 71.8 Å². The summed E-state index contributed by atoms with van der Waals surface area (Å²) in [6.07, 6.45) is 10.7. The molecular formula is C28H38N4O3. The molecule has 2 aliphatic rings. The van der Waals surface area contributed by atoms with Crippen LogP contribution in [0, 0.1) is 0 Å². The molecule has 7 heteroatoms. The minimum absolute atomic E-state index is 0.0367. The van der Waals surface area contributed by atoms with Crippen LogP contribution >= 0.6 is 0 Å². The first-order chi connectivity index (χ1) is 16.9. The molecule has 1 aromatic carbocycles. The molecule has 2 fully saturated rings. The van der Waals surface area contributed by atoms with Crippen molar-refractivity contribution < 1.29 is 14.6 Å². The zero-order chi connectivity index (χ0) is 25.2. The second kappa shape index (κ2) is 12.8. The lowest BCUT2D eigenvalue weighted by atomic mass is 9.88. The third kappa shape index (κ3) is 7.25. The largest absolute Gasteiger partial charge is 0.508 e. The van der Waals surface area contributed by atoms with E-state index in [0.29, 0.717) is 32.1 Å². The van der Waals surface area contributed by atoms with Gasteiger partial charge in [-0.25, -0.2) is 0 Å². The number of allylic oxidation sites excluding steroid dienone is 3. The number of phenols is 1. The number of ether oxygens (including phenoxy) is 1. The number of hydrogen-bond acceptors (Lipinski definition) is 5. The number of hydrogen-bond donors (Lipinski definition) is 2. The predicted molar refractivity (Wildman–Crippen MR) is 142 cm³/mol. The van der Waals surface area contributed by atoms with Gasteiger partial charge in [-0.1, -0.05) is 19.9 Å². The number of carbonyl (C=O) groups excluding carboxylic acids is 1. The van der Waals surface area contributed by atoms with E-state index in [1.807, 2.05) is 23.1 Å². The Labute approximate surface area is 209 Å². The van der Waals surface area contributed by atoms with Crippen LogP contribution in [-0.2, 0) is 9.53 Å². The summed E-state index contributed by atoms with van der Waals surface area (Å²) in [7, 11) is 1.65. The molecule has 0 spiro atoms. The molecule has 0 bridgehead atoms. The number of nitrogens with one attached hydrogen (secondary N) is 1. The van der Waals surface area contributed by atoms with Gasteiger partial charge in [-0.15, -0.1) is 0 Å². The summed E-state index contributed by atoms with van der Waals surface area (Å²) in [4.78, 5) is 21.0. The highest BCUT2D eigenvalue weighted by Crippen LogP contribution is 2.33. The highest BCUT2D eigenvalue weighted by molar-refractivity contribution is 5.95. The van der Waals surface area contributed by atoms with Crippen molar-refractivity contribution in [1.82, 2.24) is 9.80 Å². The van der Waals surface area contributed by atoms with Crippen LogP contribution < -0.4 is 5.32 Å². The lowest BCUT2D eigenvalue weighted by molar-refractivity contribution is -0.127. The minimum Gasteiger partial charge on any atom is -0.508 e. The minimum atomic E-state index is -0.0367. The summed E-state index contributed by atoms with van der Waals surface area (Å²) in [6, 6.07) is 7.13. The molecule has 0 unspecified atom stereocenters. The lowest BCUT2D eigenvalue weighted by Gasteiger charge is -2.35. The quantitative estimate of drug-likeness (QED) is 0.168. The number of amides is 1. The number of amidine groups is 1. The first-order valence-electron chi connectivity index (χ1n) is 12.4. The summed E-state index contributed by atoms with van der Waals surface area (Å²) in [5.74, 6) is 1.63. The van der Waals surface area contributed by atoms with E-state index in [1.165, 1.54) is 18.1 Å². The molecule has 0 aromatic heterocycles. The Morgan fingerprint density at radius 2 is 1.83 bits per heavy atom. The van der Waals surface area contributed by atoms with Gasteiger partial charge in [-0.2, -0.15) is 4.99 Å². The van der Waals surface area contributed by atoms with Crippen molar-refractivity contribution in [2.45, 2.75) is 46.0 Å². The van der Waals surface area contributed by atoms with Crippen LogP contribution in [0.15, 0.2) is 76.8 Å². The van der Waals surface area contributed by atoms with E-state index in [0.717, 1.165) is 48.5 Å². The molecule has 35 heavy (non-hydrogen) atoms. The molecule has 1 aliphatic carbocycles. The number of rotatable bonds is 9. The first kappa shape index (κ1) is 26.1.